The Hall–Kier alpha value is -3.84. The summed E-state index contributed by atoms with van der Waals surface area (Å²) in [5, 5.41) is 2.97. The summed E-state index contributed by atoms with van der Waals surface area (Å²) in [6.45, 7) is 1.88. The number of hydrogen-bond donors (Lipinski definition) is 1. The fraction of sp³-hybridized carbons (Fsp3) is 0.394. The van der Waals surface area contributed by atoms with Gasteiger partial charge in [0.05, 0.1) is 24.2 Å². The van der Waals surface area contributed by atoms with Gasteiger partial charge in [-0.05, 0) is 60.4 Å². The highest BCUT2D eigenvalue weighted by Gasteiger charge is 2.32. The van der Waals surface area contributed by atoms with Gasteiger partial charge < -0.3 is 24.4 Å². The number of carbonyl (C=O) groups is 2. The van der Waals surface area contributed by atoms with Gasteiger partial charge in [-0.2, -0.15) is 4.31 Å². The molecular weight excluding hydrogens is 601 g/mol. The quantitative estimate of drug-likeness (QED) is 0.306. The maximum atomic E-state index is 13.8. The van der Waals surface area contributed by atoms with Crippen molar-refractivity contribution in [2.75, 3.05) is 46.1 Å². The summed E-state index contributed by atoms with van der Waals surface area (Å²) in [6.07, 6.45) is 1.95. The first-order valence-electron chi connectivity index (χ1n) is 15.1. The van der Waals surface area contributed by atoms with Gasteiger partial charge in [0.15, 0.2) is 6.61 Å². The van der Waals surface area contributed by atoms with E-state index in [0.717, 1.165) is 18.4 Å². The number of amides is 2. The van der Waals surface area contributed by atoms with Gasteiger partial charge in [-0.15, -0.1) is 0 Å². The lowest BCUT2D eigenvalue weighted by Gasteiger charge is -2.31. The molecule has 2 aliphatic heterocycles. The first kappa shape index (κ1) is 32.6. The molecule has 2 fully saturated rings. The smallest absolute Gasteiger partial charge is 0.261 e. The highest BCUT2D eigenvalue weighted by molar-refractivity contribution is 7.89. The first-order valence-corrected chi connectivity index (χ1v) is 16.5. The van der Waals surface area contributed by atoms with Crippen molar-refractivity contribution in [1.82, 2.24) is 14.5 Å². The van der Waals surface area contributed by atoms with E-state index in [9.17, 15) is 22.4 Å². The predicted octanol–water partition coefficient (Wildman–Crippen LogP) is 3.16. The summed E-state index contributed by atoms with van der Waals surface area (Å²) in [6, 6.07) is 20.2. The lowest BCUT2D eigenvalue weighted by molar-refractivity contribution is -0.143. The van der Waals surface area contributed by atoms with Gasteiger partial charge in [-0.25, -0.2) is 12.8 Å². The van der Waals surface area contributed by atoms with Crippen LogP contribution in [-0.4, -0.2) is 87.6 Å². The Bertz CT molecular complexity index is 1510. The Labute approximate surface area is 263 Å². The molecule has 2 amide bonds. The molecular formula is C33H38FN3O7S. The van der Waals surface area contributed by atoms with E-state index in [2.05, 4.69) is 5.32 Å². The zero-order valence-electron chi connectivity index (χ0n) is 25.0. The molecule has 2 heterocycles. The van der Waals surface area contributed by atoms with Crippen molar-refractivity contribution >= 4 is 21.8 Å². The highest BCUT2D eigenvalue weighted by Crippen LogP contribution is 2.22. The maximum Gasteiger partial charge on any atom is 0.261 e. The largest absolute Gasteiger partial charge is 0.484 e. The number of hydrogen-bond acceptors (Lipinski definition) is 7. The number of rotatable bonds is 13. The summed E-state index contributed by atoms with van der Waals surface area (Å²) < 4.78 is 57.8. The van der Waals surface area contributed by atoms with Crippen LogP contribution >= 0.6 is 0 Å². The van der Waals surface area contributed by atoms with E-state index in [4.69, 9.17) is 14.2 Å². The van der Waals surface area contributed by atoms with Crippen LogP contribution in [0, 0.1) is 5.82 Å². The van der Waals surface area contributed by atoms with Gasteiger partial charge in [0.2, 0.25) is 15.9 Å². The molecule has 2 atom stereocenters. The van der Waals surface area contributed by atoms with Crippen LogP contribution < -0.4 is 10.1 Å². The van der Waals surface area contributed by atoms with E-state index < -0.39 is 34.4 Å². The molecule has 0 radical (unpaired) electrons. The molecule has 0 aliphatic carbocycles. The SMILES string of the molecule is O=C(NC[C@H]1CCCO1)[C@@H](Cc1ccccc1)N(Cc1ccc(F)cc1)C(=O)COc1ccc(S(=O)(=O)N2CCOCC2)cc1. The third kappa shape index (κ3) is 8.88. The third-order valence-electron chi connectivity index (χ3n) is 7.86. The number of halogens is 1. The Morgan fingerprint density at radius 2 is 1.67 bits per heavy atom. The number of carbonyl (C=O) groups excluding carboxylic acids is 2. The summed E-state index contributed by atoms with van der Waals surface area (Å²) >= 11 is 0. The van der Waals surface area contributed by atoms with Gasteiger partial charge in [-0.3, -0.25) is 9.59 Å². The number of morpholine rings is 1. The van der Waals surface area contributed by atoms with Crippen LogP contribution in [0.5, 0.6) is 5.75 Å². The van der Waals surface area contributed by atoms with Crippen LogP contribution in [0.2, 0.25) is 0 Å². The summed E-state index contributed by atoms with van der Waals surface area (Å²) in [4.78, 5) is 29.1. The first-order chi connectivity index (χ1) is 21.8. The molecule has 12 heteroatoms. The Morgan fingerprint density at radius 3 is 2.33 bits per heavy atom. The van der Waals surface area contributed by atoms with Gasteiger partial charge in [-0.1, -0.05) is 42.5 Å². The normalized spacial score (nSPS) is 17.8. The molecule has 2 aliphatic rings. The Balaban J connectivity index is 1.33. The second-order valence-corrected chi connectivity index (χ2v) is 12.9. The van der Waals surface area contributed by atoms with E-state index >= 15 is 0 Å². The zero-order chi connectivity index (χ0) is 31.6. The van der Waals surface area contributed by atoms with Gasteiger partial charge >= 0.3 is 0 Å². The molecule has 0 bridgehead atoms. The Kier molecular flexibility index (Phi) is 11.2. The van der Waals surface area contributed by atoms with Gasteiger partial charge in [0.25, 0.3) is 5.91 Å². The summed E-state index contributed by atoms with van der Waals surface area (Å²) in [5.41, 5.74) is 1.51. The molecule has 0 saturated carbocycles. The van der Waals surface area contributed by atoms with E-state index in [1.807, 2.05) is 30.3 Å². The number of ether oxygens (including phenoxy) is 3. The molecule has 1 N–H and O–H groups in total. The van der Waals surface area contributed by atoms with E-state index in [0.29, 0.717) is 37.7 Å². The van der Waals surface area contributed by atoms with E-state index in [1.165, 1.54) is 45.6 Å². The Morgan fingerprint density at radius 1 is 0.956 bits per heavy atom. The standard InChI is InChI=1S/C33H38FN3O7S/c34-27-10-8-26(9-11-27)23-37(31(21-25-5-2-1-3-6-25)33(39)35-22-29-7-4-18-43-29)32(38)24-44-28-12-14-30(15-13-28)45(40,41)36-16-19-42-20-17-36/h1-3,5-6,8-15,29,31H,4,7,16-24H2,(H,35,39)/t29-,31-/m1/s1. The maximum absolute atomic E-state index is 13.8. The number of sulfonamides is 1. The van der Waals surface area contributed by atoms with Gasteiger partial charge in [0, 0.05) is 39.2 Å². The second kappa shape index (κ2) is 15.4. The third-order valence-corrected chi connectivity index (χ3v) is 9.77. The number of benzene rings is 3. The highest BCUT2D eigenvalue weighted by atomic mass is 32.2. The molecule has 5 rings (SSSR count). The molecule has 2 saturated heterocycles. The summed E-state index contributed by atoms with van der Waals surface area (Å²) in [5.74, 6) is -0.900. The molecule has 240 valence electrons. The average Bonchev–Trinajstić information content (AvgIpc) is 3.60. The van der Waals surface area contributed by atoms with Crippen LogP contribution in [0.3, 0.4) is 0 Å². The van der Waals surface area contributed by atoms with Crippen molar-refractivity contribution in [3.8, 4) is 5.75 Å². The van der Waals surface area contributed by atoms with Crippen LogP contribution in [-0.2, 0) is 42.1 Å². The van der Waals surface area contributed by atoms with Crippen molar-refractivity contribution in [2.45, 2.75) is 42.8 Å². The van der Waals surface area contributed by atoms with Crippen LogP contribution in [0.4, 0.5) is 4.39 Å². The topological polar surface area (TPSA) is 114 Å². The second-order valence-electron chi connectivity index (χ2n) is 11.0. The van der Waals surface area contributed by atoms with Gasteiger partial charge in [0.1, 0.15) is 17.6 Å². The van der Waals surface area contributed by atoms with Crippen LogP contribution in [0.15, 0.2) is 83.8 Å². The minimum Gasteiger partial charge on any atom is -0.484 e. The molecule has 10 nitrogen and oxygen atoms in total. The fourth-order valence-corrected chi connectivity index (χ4v) is 6.76. The molecule has 0 unspecified atom stereocenters. The van der Waals surface area contributed by atoms with Crippen molar-refractivity contribution in [1.29, 1.82) is 0 Å². The average molecular weight is 640 g/mol. The number of nitrogens with one attached hydrogen (secondary N) is 1. The monoisotopic (exact) mass is 639 g/mol. The fourth-order valence-electron chi connectivity index (χ4n) is 5.35. The number of nitrogens with zero attached hydrogens (tertiary/aromatic N) is 2. The molecule has 3 aromatic carbocycles. The van der Waals surface area contributed by atoms with Crippen molar-refractivity contribution < 1.29 is 36.6 Å². The molecule has 0 spiro atoms. The lowest BCUT2D eigenvalue weighted by atomic mass is 10.0. The molecule has 3 aromatic rings. The minimum absolute atomic E-state index is 0.0457. The van der Waals surface area contributed by atoms with Crippen molar-refractivity contribution in [2.24, 2.45) is 0 Å². The summed E-state index contributed by atoms with van der Waals surface area (Å²) in [7, 11) is -3.68. The zero-order valence-corrected chi connectivity index (χ0v) is 25.8. The molecule has 0 aromatic heterocycles. The minimum atomic E-state index is -3.68. The van der Waals surface area contributed by atoms with E-state index in [1.54, 1.807) is 12.1 Å². The van der Waals surface area contributed by atoms with Crippen molar-refractivity contribution in [3.63, 3.8) is 0 Å². The van der Waals surface area contributed by atoms with Crippen LogP contribution in [0.1, 0.15) is 24.0 Å². The molecule has 45 heavy (non-hydrogen) atoms. The lowest BCUT2D eigenvalue weighted by Crippen LogP contribution is -2.52. The van der Waals surface area contributed by atoms with Crippen molar-refractivity contribution in [3.05, 3.63) is 95.8 Å². The predicted molar refractivity (Wildman–Crippen MR) is 164 cm³/mol. The van der Waals surface area contributed by atoms with E-state index in [-0.39, 0.29) is 43.0 Å². The van der Waals surface area contributed by atoms with Crippen LogP contribution in [0.25, 0.3) is 0 Å².